The Morgan fingerprint density at radius 2 is 1.74 bits per heavy atom. The van der Waals surface area contributed by atoms with Crippen LogP contribution < -0.4 is 4.18 Å². The van der Waals surface area contributed by atoms with Gasteiger partial charge < -0.3 is 8.92 Å². The predicted octanol–water partition coefficient (Wildman–Crippen LogP) is 3.48. The highest BCUT2D eigenvalue weighted by Gasteiger charge is 2.21. The molecule has 122 valence electrons. The molecule has 0 heterocycles. The van der Waals surface area contributed by atoms with E-state index < -0.39 is 16.1 Å². The second kappa shape index (κ2) is 7.21. The maximum absolute atomic E-state index is 12.2. The lowest BCUT2D eigenvalue weighted by Gasteiger charge is -2.09. The molecular formula is C15H12Cl2O5S. The summed E-state index contributed by atoms with van der Waals surface area (Å²) in [6.45, 7) is 0. The SMILES string of the molecule is COC(=O)Cc1ccc(OS(=O)(=O)c2cc(Cl)ccc2Cl)cc1. The van der Waals surface area contributed by atoms with E-state index in [4.69, 9.17) is 27.4 Å². The number of methoxy groups -OCH3 is 1. The molecule has 2 aromatic carbocycles. The van der Waals surface area contributed by atoms with E-state index in [-0.39, 0.29) is 27.1 Å². The van der Waals surface area contributed by atoms with E-state index in [0.29, 0.717) is 5.56 Å². The van der Waals surface area contributed by atoms with Crippen LogP contribution in [0.4, 0.5) is 0 Å². The van der Waals surface area contributed by atoms with Gasteiger partial charge in [-0.05, 0) is 35.9 Å². The van der Waals surface area contributed by atoms with Crippen LogP contribution in [0, 0.1) is 0 Å². The molecular weight excluding hydrogens is 363 g/mol. The smallest absolute Gasteiger partial charge is 0.340 e. The second-order valence-corrected chi connectivity index (χ2v) is 6.87. The molecule has 0 spiro atoms. The minimum atomic E-state index is -4.12. The van der Waals surface area contributed by atoms with Crippen molar-refractivity contribution in [2.24, 2.45) is 0 Å². The molecule has 0 saturated heterocycles. The summed E-state index contributed by atoms with van der Waals surface area (Å²) >= 11 is 11.7. The largest absolute Gasteiger partial charge is 0.469 e. The summed E-state index contributed by atoms with van der Waals surface area (Å²) in [4.78, 5) is 11.0. The highest BCUT2D eigenvalue weighted by atomic mass is 35.5. The van der Waals surface area contributed by atoms with Crippen molar-refractivity contribution in [2.75, 3.05) is 7.11 Å². The second-order valence-electron chi connectivity index (χ2n) is 4.51. The van der Waals surface area contributed by atoms with Crippen LogP contribution in [0.5, 0.6) is 5.75 Å². The van der Waals surface area contributed by atoms with Crippen molar-refractivity contribution in [1.29, 1.82) is 0 Å². The molecule has 0 fully saturated rings. The van der Waals surface area contributed by atoms with Gasteiger partial charge in [0.25, 0.3) is 0 Å². The van der Waals surface area contributed by atoms with Gasteiger partial charge in [0.05, 0.1) is 18.6 Å². The van der Waals surface area contributed by atoms with E-state index in [1.165, 1.54) is 37.4 Å². The first kappa shape index (κ1) is 17.6. The molecule has 0 aliphatic heterocycles. The standard InChI is InChI=1S/C15H12Cl2O5S/c1-21-15(18)8-10-2-5-12(6-3-10)22-23(19,20)14-9-11(16)4-7-13(14)17/h2-7,9H,8H2,1H3. The summed E-state index contributed by atoms with van der Waals surface area (Å²) in [6, 6.07) is 10.1. The van der Waals surface area contributed by atoms with Crippen LogP contribution in [0.25, 0.3) is 0 Å². The monoisotopic (exact) mass is 374 g/mol. The molecule has 0 bridgehead atoms. The number of esters is 1. The van der Waals surface area contributed by atoms with Crippen LogP contribution in [-0.4, -0.2) is 21.5 Å². The summed E-state index contributed by atoms with van der Waals surface area (Å²) in [7, 11) is -2.82. The summed E-state index contributed by atoms with van der Waals surface area (Å²) < 4.78 is 34.1. The Balaban J connectivity index is 2.20. The van der Waals surface area contributed by atoms with Gasteiger partial charge in [0.15, 0.2) is 0 Å². The number of rotatable bonds is 5. The minimum Gasteiger partial charge on any atom is -0.469 e. The summed E-state index contributed by atoms with van der Waals surface area (Å²) in [6.07, 6.45) is 0.0870. The number of carbonyl (C=O) groups is 1. The Kier molecular flexibility index (Phi) is 5.51. The van der Waals surface area contributed by atoms with Crippen molar-refractivity contribution in [2.45, 2.75) is 11.3 Å². The molecule has 0 amide bonds. The third kappa shape index (κ3) is 4.60. The molecule has 0 aliphatic carbocycles. The molecule has 0 atom stereocenters. The molecule has 0 radical (unpaired) electrons. The third-order valence-corrected chi connectivity index (χ3v) is 4.83. The molecule has 0 unspecified atom stereocenters. The van der Waals surface area contributed by atoms with E-state index in [0.717, 1.165) is 0 Å². The van der Waals surface area contributed by atoms with Crippen molar-refractivity contribution >= 4 is 39.3 Å². The zero-order valence-electron chi connectivity index (χ0n) is 12.0. The number of hydrogen-bond acceptors (Lipinski definition) is 5. The third-order valence-electron chi connectivity index (χ3n) is 2.87. The van der Waals surface area contributed by atoms with Gasteiger partial charge in [-0.3, -0.25) is 4.79 Å². The fourth-order valence-corrected chi connectivity index (χ4v) is 3.41. The summed E-state index contributed by atoms with van der Waals surface area (Å²) in [5.74, 6) is -0.299. The highest BCUT2D eigenvalue weighted by Crippen LogP contribution is 2.27. The Hall–Kier alpha value is -1.76. The van der Waals surface area contributed by atoms with Crippen molar-refractivity contribution in [3.63, 3.8) is 0 Å². The van der Waals surface area contributed by atoms with Crippen LogP contribution in [0.15, 0.2) is 47.4 Å². The van der Waals surface area contributed by atoms with Gasteiger partial charge in [-0.1, -0.05) is 35.3 Å². The van der Waals surface area contributed by atoms with E-state index in [9.17, 15) is 13.2 Å². The lowest BCUT2D eigenvalue weighted by Crippen LogP contribution is -2.10. The van der Waals surface area contributed by atoms with Crippen molar-refractivity contribution < 1.29 is 22.1 Å². The number of benzene rings is 2. The maximum Gasteiger partial charge on any atom is 0.340 e. The number of hydrogen-bond donors (Lipinski definition) is 0. The minimum absolute atomic E-state index is 0.0108. The number of halogens is 2. The van der Waals surface area contributed by atoms with E-state index in [1.54, 1.807) is 12.1 Å². The Labute approximate surface area is 143 Å². The van der Waals surface area contributed by atoms with Crippen LogP contribution in [-0.2, 0) is 26.1 Å². The van der Waals surface area contributed by atoms with Gasteiger partial charge in [0.1, 0.15) is 10.6 Å². The van der Waals surface area contributed by atoms with Gasteiger partial charge in [-0.15, -0.1) is 0 Å². The van der Waals surface area contributed by atoms with Crippen LogP contribution in [0.2, 0.25) is 10.0 Å². The van der Waals surface area contributed by atoms with Crippen LogP contribution in [0.3, 0.4) is 0 Å². The predicted molar refractivity (Wildman–Crippen MR) is 86.4 cm³/mol. The maximum atomic E-state index is 12.2. The lowest BCUT2D eigenvalue weighted by molar-refractivity contribution is -0.139. The zero-order chi connectivity index (χ0) is 17.0. The normalized spacial score (nSPS) is 11.1. The molecule has 8 heteroatoms. The number of carbonyl (C=O) groups excluding carboxylic acids is 1. The average molecular weight is 375 g/mol. The molecule has 5 nitrogen and oxygen atoms in total. The van der Waals surface area contributed by atoms with E-state index in [1.807, 2.05) is 0 Å². The first-order valence-corrected chi connectivity index (χ1v) is 8.53. The van der Waals surface area contributed by atoms with Gasteiger partial charge >= 0.3 is 16.1 Å². The summed E-state index contributed by atoms with van der Waals surface area (Å²) in [5, 5.41) is 0.238. The summed E-state index contributed by atoms with van der Waals surface area (Å²) in [5.41, 5.74) is 0.669. The van der Waals surface area contributed by atoms with Crippen molar-refractivity contribution in [3.05, 3.63) is 58.1 Å². The van der Waals surface area contributed by atoms with E-state index in [2.05, 4.69) is 4.74 Å². The molecule has 0 saturated carbocycles. The van der Waals surface area contributed by atoms with Gasteiger partial charge in [-0.2, -0.15) is 8.42 Å². The van der Waals surface area contributed by atoms with Crippen LogP contribution in [0.1, 0.15) is 5.56 Å². The molecule has 0 aromatic heterocycles. The van der Waals surface area contributed by atoms with Gasteiger partial charge in [-0.25, -0.2) is 0 Å². The fraction of sp³-hybridized carbons (Fsp3) is 0.133. The molecule has 0 aliphatic rings. The molecule has 2 rings (SSSR count). The first-order chi connectivity index (χ1) is 10.8. The quantitative estimate of drug-likeness (QED) is 0.591. The van der Waals surface area contributed by atoms with Gasteiger partial charge in [0.2, 0.25) is 0 Å². The Bertz CT molecular complexity index is 816. The number of ether oxygens (including phenoxy) is 1. The van der Waals surface area contributed by atoms with Crippen molar-refractivity contribution in [1.82, 2.24) is 0 Å². The van der Waals surface area contributed by atoms with E-state index >= 15 is 0 Å². The lowest BCUT2D eigenvalue weighted by atomic mass is 10.1. The molecule has 23 heavy (non-hydrogen) atoms. The topological polar surface area (TPSA) is 69.7 Å². The average Bonchev–Trinajstić information content (AvgIpc) is 2.51. The first-order valence-electron chi connectivity index (χ1n) is 6.37. The van der Waals surface area contributed by atoms with Crippen LogP contribution >= 0.6 is 23.2 Å². The fourth-order valence-electron chi connectivity index (χ4n) is 1.74. The Morgan fingerprint density at radius 3 is 2.35 bits per heavy atom. The van der Waals surface area contributed by atoms with Gasteiger partial charge in [0, 0.05) is 5.02 Å². The van der Waals surface area contributed by atoms with Crippen molar-refractivity contribution in [3.8, 4) is 5.75 Å². The highest BCUT2D eigenvalue weighted by molar-refractivity contribution is 7.87. The Morgan fingerprint density at radius 1 is 1.09 bits per heavy atom. The molecule has 0 N–H and O–H groups in total. The molecule has 2 aromatic rings. The zero-order valence-corrected chi connectivity index (χ0v) is 14.3.